The lowest BCUT2D eigenvalue weighted by Crippen LogP contribution is -2.50. The number of rotatable bonds is 7. The summed E-state index contributed by atoms with van der Waals surface area (Å²) in [5, 5.41) is 11.0. The predicted octanol–water partition coefficient (Wildman–Crippen LogP) is 1.76. The molecule has 27 heavy (non-hydrogen) atoms. The van der Waals surface area contributed by atoms with Crippen molar-refractivity contribution in [2.75, 3.05) is 39.3 Å². The summed E-state index contributed by atoms with van der Waals surface area (Å²) in [6, 6.07) is 12.0. The number of nitrogens with zero attached hydrogens (tertiary/aromatic N) is 4. The van der Waals surface area contributed by atoms with Crippen LogP contribution in [0.25, 0.3) is 0 Å². The molecule has 1 saturated heterocycles. The van der Waals surface area contributed by atoms with Crippen molar-refractivity contribution in [1.82, 2.24) is 14.8 Å². The van der Waals surface area contributed by atoms with Gasteiger partial charge in [0.2, 0.25) is 0 Å². The molecule has 8 heteroatoms. The van der Waals surface area contributed by atoms with Crippen molar-refractivity contribution in [2.24, 2.45) is 0 Å². The van der Waals surface area contributed by atoms with Gasteiger partial charge in [-0.2, -0.15) is 0 Å². The van der Waals surface area contributed by atoms with Gasteiger partial charge in [-0.25, -0.2) is 0 Å². The number of aromatic nitrogens is 1. The zero-order valence-corrected chi connectivity index (χ0v) is 15.0. The number of benzene rings is 1. The van der Waals surface area contributed by atoms with Crippen LogP contribution in [0, 0.1) is 10.1 Å². The zero-order valence-electron chi connectivity index (χ0n) is 15.0. The minimum absolute atomic E-state index is 0.116. The number of hydrogen-bond donors (Lipinski definition) is 0. The van der Waals surface area contributed by atoms with Gasteiger partial charge in [0.15, 0.2) is 12.4 Å². The Morgan fingerprint density at radius 2 is 1.85 bits per heavy atom. The van der Waals surface area contributed by atoms with Crippen molar-refractivity contribution in [3.63, 3.8) is 0 Å². The third kappa shape index (κ3) is 5.24. The van der Waals surface area contributed by atoms with Crippen LogP contribution in [0.5, 0.6) is 5.75 Å². The zero-order chi connectivity index (χ0) is 19.1. The quantitative estimate of drug-likeness (QED) is 0.545. The second-order valence-corrected chi connectivity index (χ2v) is 6.31. The molecule has 2 aromatic rings. The van der Waals surface area contributed by atoms with Crippen LogP contribution in [-0.4, -0.2) is 64.9 Å². The van der Waals surface area contributed by atoms with E-state index in [-0.39, 0.29) is 24.0 Å². The lowest BCUT2D eigenvalue weighted by Gasteiger charge is -2.34. The van der Waals surface area contributed by atoms with Gasteiger partial charge in [0.25, 0.3) is 5.91 Å². The maximum atomic E-state index is 12.3. The van der Waals surface area contributed by atoms with E-state index in [0.29, 0.717) is 13.1 Å². The summed E-state index contributed by atoms with van der Waals surface area (Å²) in [6.07, 6.45) is 2.68. The van der Waals surface area contributed by atoms with E-state index < -0.39 is 4.92 Å². The molecule has 0 spiro atoms. The van der Waals surface area contributed by atoms with Gasteiger partial charge in [0.05, 0.1) is 4.92 Å². The second kappa shape index (κ2) is 9.09. The van der Waals surface area contributed by atoms with Crippen LogP contribution >= 0.6 is 0 Å². The summed E-state index contributed by atoms with van der Waals surface area (Å²) in [7, 11) is 0. The highest BCUT2D eigenvalue weighted by atomic mass is 16.6. The van der Waals surface area contributed by atoms with Crippen molar-refractivity contribution in [3.8, 4) is 5.75 Å². The Morgan fingerprint density at radius 1 is 1.11 bits per heavy atom. The summed E-state index contributed by atoms with van der Waals surface area (Å²) in [6.45, 7) is 3.56. The monoisotopic (exact) mass is 370 g/mol. The molecule has 1 fully saturated rings. The van der Waals surface area contributed by atoms with Gasteiger partial charge in [0.1, 0.15) is 0 Å². The van der Waals surface area contributed by atoms with Crippen LogP contribution in [-0.2, 0) is 11.2 Å². The number of pyridine rings is 1. The van der Waals surface area contributed by atoms with Crippen molar-refractivity contribution in [3.05, 3.63) is 64.5 Å². The average molecular weight is 370 g/mol. The molecule has 0 N–H and O–H groups in total. The Labute approximate surface area is 157 Å². The lowest BCUT2D eigenvalue weighted by atomic mass is 10.2. The molecule has 0 atom stereocenters. The van der Waals surface area contributed by atoms with Crippen LogP contribution < -0.4 is 4.74 Å². The van der Waals surface area contributed by atoms with E-state index in [1.807, 2.05) is 18.2 Å². The van der Waals surface area contributed by atoms with Crippen LogP contribution in [0.3, 0.4) is 0 Å². The smallest absolute Gasteiger partial charge is 0.310 e. The maximum Gasteiger partial charge on any atom is 0.310 e. The summed E-state index contributed by atoms with van der Waals surface area (Å²) in [5.74, 6) is -0.0395. The molecule has 0 bridgehead atoms. The number of amides is 1. The third-order valence-electron chi connectivity index (χ3n) is 4.55. The minimum atomic E-state index is -0.514. The highest BCUT2D eigenvalue weighted by Gasteiger charge is 2.22. The van der Waals surface area contributed by atoms with E-state index in [0.717, 1.165) is 31.7 Å². The summed E-state index contributed by atoms with van der Waals surface area (Å²) in [5.41, 5.74) is 0.929. The van der Waals surface area contributed by atoms with Gasteiger partial charge in [-0.05, 0) is 18.2 Å². The number of carbonyl (C=O) groups is 1. The number of carbonyl (C=O) groups excluding carboxylic acids is 1. The number of hydrogen-bond acceptors (Lipinski definition) is 6. The topological polar surface area (TPSA) is 88.8 Å². The van der Waals surface area contributed by atoms with Crippen molar-refractivity contribution in [1.29, 1.82) is 0 Å². The number of para-hydroxylation sites is 2. The molecule has 1 aliphatic heterocycles. The van der Waals surface area contributed by atoms with Gasteiger partial charge in [0, 0.05) is 57.1 Å². The fraction of sp³-hybridized carbons (Fsp3) is 0.368. The summed E-state index contributed by atoms with van der Waals surface area (Å²) >= 11 is 0. The number of nitro benzene ring substituents is 1. The molecule has 1 amide bonds. The van der Waals surface area contributed by atoms with Crippen LogP contribution in [0.1, 0.15) is 5.69 Å². The molecule has 1 aromatic heterocycles. The van der Waals surface area contributed by atoms with Gasteiger partial charge in [-0.15, -0.1) is 0 Å². The first-order valence-electron chi connectivity index (χ1n) is 8.90. The fourth-order valence-corrected chi connectivity index (χ4v) is 3.00. The van der Waals surface area contributed by atoms with E-state index in [9.17, 15) is 14.9 Å². The molecule has 3 rings (SSSR count). The third-order valence-corrected chi connectivity index (χ3v) is 4.55. The fourth-order valence-electron chi connectivity index (χ4n) is 3.00. The van der Waals surface area contributed by atoms with Crippen LogP contribution in [0.4, 0.5) is 5.69 Å². The molecule has 0 saturated carbocycles. The first-order valence-corrected chi connectivity index (χ1v) is 8.90. The predicted molar refractivity (Wildman–Crippen MR) is 99.6 cm³/mol. The van der Waals surface area contributed by atoms with Gasteiger partial charge < -0.3 is 9.64 Å². The highest BCUT2D eigenvalue weighted by Crippen LogP contribution is 2.25. The van der Waals surface area contributed by atoms with E-state index >= 15 is 0 Å². The average Bonchev–Trinajstić information content (AvgIpc) is 2.71. The first-order chi connectivity index (χ1) is 13.1. The Balaban J connectivity index is 1.43. The van der Waals surface area contributed by atoms with E-state index in [1.165, 1.54) is 12.1 Å². The summed E-state index contributed by atoms with van der Waals surface area (Å²) in [4.78, 5) is 31.2. The van der Waals surface area contributed by atoms with Gasteiger partial charge >= 0.3 is 5.69 Å². The van der Waals surface area contributed by atoms with Crippen molar-refractivity contribution < 1.29 is 14.5 Å². The number of piperazine rings is 1. The minimum Gasteiger partial charge on any atom is -0.477 e. The van der Waals surface area contributed by atoms with Gasteiger partial charge in [-0.3, -0.25) is 24.8 Å². The Hall–Kier alpha value is -3.00. The molecule has 2 heterocycles. The molecule has 1 aliphatic rings. The molecular formula is C19H22N4O4. The van der Waals surface area contributed by atoms with Crippen molar-refractivity contribution >= 4 is 11.6 Å². The molecule has 0 unspecified atom stereocenters. The van der Waals surface area contributed by atoms with E-state index in [4.69, 9.17) is 4.74 Å². The van der Waals surface area contributed by atoms with Crippen LogP contribution in [0.15, 0.2) is 48.7 Å². The van der Waals surface area contributed by atoms with Crippen LogP contribution in [0.2, 0.25) is 0 Å². The molecule has 0 aliphatic carbocycles. The normalized spacial score (nSPS) is 14.7. The SMILES string of the molecule is O=C(COc1ccccc1[N+](=O)[O-])N1CCN(CCc2ccccn2)CC1. The van der Waals surface area contributed by atoms with E-state index in [1.54, 1.807) is 23.2 Å². The Bertz CT molecular complexity index is 776. The Kier molecular flexibility index (Phi) is 6.32. The van der Waals surface area contributed by atoms with Crippen molar-refractivity contribution in [2.45, 2.75) is 6.42 Å². The maximum absolute atomic E-state index is 12.3. The largest absolute Gasteiger partial charge is 0.477 e. The molecule has 0 radical (unpaired) electrons. The highest BCUT2D eigenvalue weighted by molar-refractivity contribution is 5.78. The van der Waals surface area contributed by atoms with E-state index in [2.05, 4.69) is 9.88 Å². The first kappa shape index (κ1) is 18.8. The summed E-state index contributed by atoms with van der Waals surface area (Å²) < 4.78 is 5.39. The molecule has 8 nitrogen and oxygen atoms in total. The second-order valence-electron chi connectivity index (χ2n) is 6.31. The molecular weight excluding hydrogens is 348 g/mol. The molecule has 142 valence electrons. The molecule has 1 aromatic carbocycles. The van der Waals surface area contributed by atoms with Gasteiger partial charge in [-0.1, -0.05) is 18.2 Å². The Morgan fingerprint density at radius 3 is 2.56 bits per heavy atom. The number of ether oxygens (including phenoxy) is 1. The number of nitro groups is 1. The lowest BCUT2D eigenvalue weighted by molar-refractivity contribution is -0.385. The standard InChI is InChI=1S/C19H22N4O4/c24-19(15-27-18-7-2-1-6-17(18)23(25)26)22-13-11-21(12-14-22)10-8-16-5-3-4-9-20-16/h1-7,9H,8,10-15H2.